The highest BCUT2D eigenvalue weighted by Gasteiger charge is 2.14. The predicted molar refractivity (Wildman–Crippen MR) is 114 cm³/mol. The Morgan fingerprint density at radius 3 is 2.71 bits per heavy atom. The number of fused-ring (bicyclic) bond motifs is 1. The Hall–Kier alpha value is -2.29. The number of carbonyl (C=O) groups is 1. The van der Waals surface area contributed by atoms with Crippen molar-refractivity contribution in [3.63, 3.8) is 0 Å². The van der Waals surface area contributed by atoms with Crippen LogP contribution in [0.25, 0.3) is 20.8 Å². The molecule has 0 saturated heterocycles. The van der Waals surface area contributed by atoms with E-state index in [2.05, 4.69) is 15.3 Å². The molecule has 0 aliphatic heterocycles. The van der Waals surface area contributed by atoms with Crippen LogP contribution in [-0.2, 0) is 11.3 Å². The van der Waals surface area contributed by atoms with Gasteiger partial charge in [0.2, 0.25) is 5.91 Å². The molecule has 8 heteroatoms. The minimum Gasteiger partial charge on any atom is -0.350 e. The Labute approximate surface area is 173 Å². The lowest BCUT2D eigenvalue weighted by Crippen LogP contribution is -2.24. The molecule has 0 aliphatic rings. The van der Waals surface area contributed by atoms with Crippen molar-refractivity contribution in [3.8, 4) is 10.6 Å². The standard InChI is InChI=1S/C20H16FN3OS3/c1-12-17(27-19(23-12)13-6-2-3-7-14(13)21)10-22-18(25)11-26-20-24-15-8-4-5-9-16(15)28-20/h2-9H,10-11H2,1H3,(H,22,25). The van der Waals surface area contributed by atoms with Gasteiger partial charge in [-0.3, -0.25) is 4.79 Å². The zero-order valence-electron chi connectivity index (χ0n) is 14.9. The minimum atomic E-state index is -0.293. The van der Waals surface area contributed by atoms with Crippen LogP contribution < -0.4 is 5.32 Å². The molecule has 4 rings (SSSR count). The van der Waals surface area contributed by atoms with Gasteiger partial charge in [0.05, 0.1) is 28.2 Å². The van der Waals surface area contributed by atoms with Crippen LogP contribution in [-0.4, -0.2) is 21.6 Å². The number of nitrogens with one attached hydrogen (secondary N) is 1. The third-order valence-corrected chi connectivity index (χ3v) is 7.41. The monoisotopic (exact) mass is 429 g/mol. The summed E-state index contributed by atoms with van der Waals surface area (Å²) in [6, 6.07) is 14.5. The minimum absolute atomic E-state index is 0.0653. The highest BCUT2D eigenvalue weighted by Crippen LogP contribution is 2.30. The average molecular weight is 430 g/mol. The molecule has 1 amide bonds. The molecular weight excluding hydrogens is 413 g/mol. The molecule has 0 radical (unpaired) electrons. The third-order valence-electron chi connectivity index (χ3n) is 4.04. The largest absolute Gasteiger partial charge is 0.350 e. The predicted octanol–water partition coefficient (Wildman–Crippen LogP) is 5.28. The Balaban J connectivity index is 1.35. The fourth-order valence-corrected chi connectivity index (χ4v) is 5.54. The lowest BCUT2D eigenvalue weighted by atomic mass is 10.2. The number of amides is 1. The van der Waals surface area contributed by atoms with Gasteiger partial charge >= 0.3 is 0 Å². The van der Waals surface area contributed by atoms with Gasteiger partial charge in [0.25, 0.3) is 0 Å². The van der Waals surface area contributed by atoms with E-state index in [9.17, 15) is 9.18 Å². The summed E-state index contributed by atoms with van der Waals surface area (Å²) in [6.07, 6.45) is 0. The van der Waals surface area contributed by atoms with Crippen molar-refractivity contribution in [2.45, 2.75) is 17.8 Å². The van der Waals surface area contributed by atoms with Gasteiger partial charge < -0.3 is 5.32 Å². The Kier molecular flexibility index (Phi) is 5.70. The summed E-state index contributed by atoms with van der Waals surface area (Å²) in [6.45, 7) is 2.26. The first-order valence-electron chi connectivity index (χ1n) is 8.56. The number of para-hydroxylation sites is 1. The smallest absolute Gasteiger partial charge is 0.230 e. The van der Waals surface area contributed by atoms with E-state index in [1.54, 1.807) is 29.5 Å². The van der Waals surface area contributed by atoms with Crippen LogP contribution in [0.3, 0.4) is 0 Å². The summed E-state index contributed by atoms with van der Waals surface area (Å²) < 4.78 is 16.0. The number of hydrogen-bond acceptors (Lipinski definition) is 6. The number of aryl methyl sites for hydroxylation is 1. The zero-order valence-corrected chi connectivity index (χ0v) is 17.4. The molecule has 0 atom stereocenters. The summed E-state index contributed by atoms with van der Waals surface area (Å²) in [5.74, 6) is -0.0544. The number of carbonyl (C=O) groups excluding carboxylic acids is 1. The first kappa shape index (κ1) is 19.0. The average Bonchev–Trinajstić information content (AvgIpc) is 3.28. The summed E-state index contributed by atoms with van der Waals surface area (Å²) in [5.41, 5.74) is 2.25. The van der Waals surface area contributed by atoms with Gasteiger partial charge in [-0.05, 0) is 31.2 Å². The zero-order chi connectivity index (χ0) is 19.5. The molecule has 0 bridgehead atoms. The maximum atomic E-state index is 14.0. The van der Waals surface area contributed by atoms with Gasteiger partial charge in [-0.15, -0.1) is 22.7 Å². The first-order valence-corrected chi connectivity index (χ1v) is 11.2. The van der Waals surface area contributed by atoms with Crippen LogP contribution in [0.4, 0.5) is 4.39 Å². The van der Waals surface area contributed by atoms with Gasteiger partial charge in [0.15, 0.2) is 4.34 Å². The number of rotatable bonds is 6. The van der Waals surface area contributed by atoms with Crippen molar-refractivity contribution < 1.29 is 9.18 Å². The summed E-state index contributed by atoms with van der Waals surface area (Å²) in [4.78, 5) is 22.1. The molecular formula is C20H16FN3OS3. The van der Waals surface area contributed by atoms with Crippen molar-refractivity contribution in [1.82, 2.24) is 15.3 Å². The van der Waals surface area contributed by atoms with E-state index in [-0.39, 0.29) is 11.7 Å². The highest BCUT2D eigenvalue weighted by atomic mass is 32.2. The van der Waals surface area contributed by atoms with Gasteiger partial charge in [0, 0.05) is 10.4 Å². The Morgan fingerprint density at radius 2 is 1.89 bits per heavy atom. The number of thioether (sulfide) groups is 1. The molecule has 0 fully saturated rings. The maximum absolute atomic E-state index is 14.0. The molecule has 2 aromatic carbocycles. The second kappa shape index (κ2) is 8.38. The topological polar surface area (TPSA) is 54.9 Å². The summed E-state index contributed by atoms with van der Waals surface area (Å²) >= 11 is 4.42. The Morgan fingerprint density at radius 1 is 1.11 bits per heavy atom. The highest BCUT2D eigenvalue weighted by molar-refractivity contribution is 8.01. The van der Waals surface area contributed by atoms with Crippen LogP contribution in [0.5, 0.6) is 0 Å². The molecule has 4 aromatic rings. The second-order valence-corrected chi connectivity index (χ2v) is 9.36. The first-order chi connectivity index (χ1) is 13.6. The van der Waals surface area contributed by atoms with E-state index in [1.165, 1.54) is 29.2 Å². The number of aromatic nitrogens is 2. The van der Waals surface area contributed by atoms with Crippen LogP contribution in [0.2, 0.25) is 0 Å². The molecule has 28 heavy (non-hydrogen) atoms. The van der Waals surface area contributed by atoms with E-state index in [0.717, 1.165) is 25.1 Å². The molecule has 0 spiro atoms. The van der Waals surface area contributed by atoms with Crippen molar-refractivity contribution in [3.05, 3.63) is 64.9 Å². The molecule has 0 unspecified atom stereocenters. The third kappa shape index (κ3) is 4.24. The number of nitrogens with zero attached hydrogens (tertiary/aromatic N) is 2. The van der Waals surface area contributed by atoms with E-state index in [1.807, 2.05) is 31.2 Å². The van der Waals surface area contributed by atoms with Crippen molar-refractivity contribution in [2.75, 3.05) is 5.75 Å². The molecule has 0 saturated carbocycles. The number of hydrogen-bond donors (Lipinski definition) is 1. The Bertz CT molecular complexity index is 1110. The maximum Gasteiger partial charge on any atom is 0.230 e. The molecule has 2 aromatic heterocycles. The molecule has 0 aliphatic carbocycles. The lowest BCUT2D eigenvalue weighted by Gasteiger charge is -2.02. The summed E-state index contributed by atoms with van der Waals surface area (Å²) in [7, 11) is 0. The number of benzene rings is 2. The molecule has 2 heterocycles. The fourth-order valence-electron chi connectivity index (χ4n) is 2.61. The van der Waals surface area contributed by atoms with E-state index < -0.39 is 0 Å². The quantitative estimate of drug-likeness (QED) is 0.424. The lowest BCUT2D eigenvalue weighted by molar-refractivity contribution is -0.118. The SMILES string of the molecule is Cc1nc(-c2ccccc2F)sc1CNC(=O)CSc1nc2ccccc2s1. The van der Waals surface area contributed by atoms with E-state index in [0.29, 0.717) is 22.9 Å². The molecule has 4 nitrogen and oxygen atoms in total. The van der Waals surface area contributed by atoms with Gasteiger partial charge in [-0.2, -0.15) is 0 Å². The van der Waals surface area contributed by atoms with Crippen molar-refractivity contribution in [1.29, 1.82) is 0 Å². The summed E-state index contributed by atoms with van der Waals surface area (Å²) in [5, 5.41) is 3.55. The van der Waals surface area contributed by atoms with E-state index in [4.69, 9.17) is 0 Å². The van der Waals surface area contributed by atoms with Crippen LogP contribution in [0, 0.1) is 12.7 Å². The van der Waals surface area contributed by atoms with Crippen LogP contribution >= 0.6 is 34.4 Å². The van der Waals surface area contributed by atoms with Crippen molar-refractivity contribution in [2.24, 2.45) is 0 Å². The van der Waals surface area contributed by atoms with E-state index >= 15 is 0 Å². The van der Waals surface area contributed by atoms with Crippen molar-refractivity contribution >= 4 is 50.6 Å². The molecule has 142 valence electrons. The van der Waals surface area contributed by atoms with Gasteiger partial charge in [0.1, 0.15) is 10.8 Å². The fraction of sp³-hybridized carbons (Fsp3) is 0.150. The normalized spacial score (nSPS) is 11.1. The molecule has 1 N–H and O–H groups in total. The number of thiazole rings is 2. The van der Waals surface area contributed by atoms with Crippen LogP contribution in [0.1, 0.15) is 10.6 Å². The van der Waals surface area contributed by atoms with Gasteiger partial charge in [-0.1, -0.05) is 36.0 Å². The van der Waals surface area contributed by atoms with Crippen LogP contribution in [0.15, 0.2) is 52.9 Å². The van der Waals surface area contributed by atoms with Gasteiger partial charge in [-0.25, -0.2) is 14.4 Å². The number of halogens is 1. The second-order valence-electron chi connectivity index (χ2n) is 6.02.